The van der Waals surface area contributed by atoms with E-state index in [-0.39, 0.29) is 5.91 Å². The summed E-state index contributed by atoms with van der Waals surface area (Å²) in [6.45, 7) is 4.01. The van der Waals surface area contributed by atoms with Crippen molar-refractivity contribution in [2.75, 3.05) is 18.4 Å². The maximum absolute atomic E-state index is 11.3. The molecular formula is C9H16BrNO. The summed E-state index contributed by atoms with van der Waals surface area (Å²) in [5.74, 6) is 1.04. The van der Waals surface area contributed by atoms with Gasteiger partial charge in [-0.1, -0.05) is 22.9 Å². The van der Waals surface area contributed by atoms with Gasteiger partial charge in [-0.25, -0.2) is 0 Å². The van der Waals surface area contributed by atoms with Crippen LogP contribution < -0.4 is 0 Å². The van der Waals surface area contributed by atoms with E-state index in [2.05, 4.69) is 22.9 Å². The van der Waals surface area contributed by atoms with Crippen molar-refractivity contribution in [3.05, 3.63) is 0 Å². The van der Waals surface area contributed by atoms with Crippen molar-refractivity contribution in [3.8, 4) is 0 Å². The van der Waals surface area contributed by atoms with E-state index < -0.39 is 0 Å². The molecule has 2 nitrogen and oxygen atoms in total. The second kappa shape index (κ2) is 4.85. The molecule has 1 saturated carbocycles. The fraction of sp³-hybridized carbons (Fsp3) is 0.889. The van der Waals surface area contributed by atoms with Crippen LogP contribution in [-0.2, 0) is 4.79 Å². The average Bonchev–Trinajstić information content (AvgIpc) is 2.86. The van der Waals surface area contributed by atoms with Crippen molar-refractivity contribution in [2.24, 2.45) is 5.92 Å². The molecule has 0 atom stereocenters. The van der Waals surface area contributed by atoms with Gasteiger partial charge in [0.15, 0.2) is 0 Å². The SMILES string of the molecule is CCCN(CC1CC1)C(=O)CBr. The molecule has 0 heterocycles. The van der Waals surface area contributed by atoms with Gasteiger partial charge in [0.05, 0.1) is 5.33 Å². The Hall–Kier alpha value is -0.0500. The number of alkyl halides is 1. The molecule has 1 aliphatic rings. The monoisotopic (exact) mass is 233 g/mol. The number of carbonyl (C=O) groups is 1. The van der Waals surface area contributed by atoms with Gasteiger partial charge < -0.3 is 4.90 Å². The summed E-state index contributed by atoms with van der Waals surface area (Å²) < 4.78 is 0. The molecule has 0 bridgehead atoms. The third kappa shape index (κ3) is 3.13. The largest absolute Gasteiger partial charge is 0.342 e. The van der Waals surface area contributed by atoms with Gasteiger partial charge in [0, 0.05) is 13.1 Å². The van der Waals surface area contributed by atoms with Crippen LogP contribution in [-0.4, -0.2) is 29.2 Å². The van der Waals surface area contributed by atoms with E-state index in [0.717, 1.165) is 25.4 Å². The van der Waals surface area contributed by atoms with Crippen molar-refractivity contribution in [2.45, 2.75) is 26.2 Å². The first-order valence-corrected chi connectivity index (χ1v) is 5.73. The summed E-state index contributed by atoms with van der Waals surface area (Å²) in [7, 11) is 0. The van der Waals surface area contributed by atoms with E-state index in [1.54, 1.807) is 0 Å². The van der Waals surface area contributed by atoms with Gasteiger partial charge >= 0.3 is 0 Å². The number of nitrogens with zero attached hydrogens (tertiary/aromatic N) is 1. The first-order valence-electron chi connectivity index (χ1n) is 4.61. The Bertz CT molecular complexity index is 157. The fourth-order valence-electron chi connectivity index (χ4n) is 1.28. The quantitative estimate of drug-likeness (QED) is 0.666. The Morgan fingerprint density at radius 3 is 2.67 bits per heavy atom. The third-order valence-corrected chi connectivity index (χ3v) is 2.62. The molecule has 3 heteroatoms. The molecule has 1 aliphatic carbocycles. The number of hydrogen-bond acceptors (Lipinski definition) is 1. The zero-order valence-electron chi connectivity index (χ0n) is 7.55. The van der Waals surface area contributed by atoms with Crippen LogP contribution in [0.1, 0.15) is 26.2 Å². The van der Waals surface area contributed by atoms with E-state index in [1.165, 1.54) is 12.8 Å². The lowest BCUT2D eigenvalue weighted by Crippen LogP contribution is -2.34. The van der Waals surface area contributed by atoms with Crippen LogP contribution in [0.25, 0.3) is 0 Å². The summed E-state index contributed by atoms with van der Waals surface area (Å²) in [6, 6.07) is 0. The number of halogens is 1. The minimum absolute atomic E-state index is 0.240. The molecule has 0 spiro atoms. The van der Waals surface area contributed by atoms with Crippen molar-refractivity contribution in [1.29, 1.82) is 0 Å². The molecule has 0 N–H and O–H groups in total. The summed E-state index contributed by atoms with van der Waals surface area (Å²) in [4.78, 5) is 13.3. The highest BCUT2D eigenvalue weighted by Gasteiger charge is 2.25. The van der Waals surface area contributed by atoms with Crippen LogP contribution in [0, 0.1) is 5.92 Å². The van der Waals surface area contributed by atoms with E-state index in [1.807, 2.05) is 4.90 Å². The third-order valence-electron chi connectivity index (χ3n) is 2.14. The zero-order valence-corrected chi connectivity index (χ0v) is 9.14. The molecular weight excluding hydrogens is 218 g/mol. The maximum atomic E-state index is 11.3. The normalized spacial score (nSPS) is 16.2. The minimum Gasteiger partial charge on any atom is -0.342 e. The van der Waals surface area contributed by atoms with Gasteiger partial charge in [-0.2, -0.15) is 0 Å². The number of carbonyl (C=O) groups excluding carboxylic acids is 1. The molecule has 12 heavy (non-hydrogen) atoms. The molecule has 0 aromatic heterocycles. The Kier molecular flexibility index (Phi) is 4.06. The first kappa shape index (κ1) is 10.0. The predicted octanol–water partition coefficient (Wildman–Crippen LogP) is 2.03. The second-order valence-electron chi connectivity index (χ2n) is 3.42. The van der Waals surface area contributed by atoms with Crippen LogP contribution in [0.5, 0.6) is 0 Å². The smallest absolute Gasteiger partial charge is 0.233 e. The zero-order chi connectivity index (χ0) is 8.97. The van der Waals surface area contributed by atoms with Gasteiger partial charge in [-0.05, 0) is 25.2 Å². The highest BCUT2D eigenvalue weighted by atomic mass is 79.9. The maximum Gasteiger partial charge on any atom is 0.233 e. The summed E-state index contributed by atoms with van der Waals surface area (Å²) in [5, 5.41) is 0.472. The van der Waals surface area contributed by atoms with Crippen molar-refractivity contribution in [3.63, 3.8) is 0 Å². The van der Waals surface area contributed by atoms with Gasteiger partial charge in [0.2, 0.25) is 5.91 Å². The van der Waals surface area contributed by atoms with E-state index in [9.17, 15) is 4.79 Å². The molecule has 0 aliphatic heterocycles. The number of hydrogen-bond donors (Lipinski definition) is 0. The molecule has 70 valence electrons. The first-order chi connectivity index (χ1) is 5.77. The highest BCUT2D eigenvalue weighted by Crippen LogP contribution is 2.29. The van der Waals surface area contributed by atoms with Gasteiger partial charge in [-0.3, -0.25) is 4.79 Å². The summed E-state index contributed by atoms with van der Waals surface area (Å²) in [5.41, 5.74) is 0. The lowest BCUT2D eigenvalue weighted by atomic mass is 10.3. The van der Waals surface area contributed by atoms with Gasteiger partial charge in [-0.15, -0.1) is 0 Å². The Labute approximate surface area is 82.4 Å². The van der Waals surface area contributed by atoms with E-state index in [4.69, 9.17) is 0 Å². The molecule has 0 aromatic rings. The number of rotatable bonds is 5. The molecule has 0 unspecified atom stereocenters. The summed E-state index contributed by atoms with van der Waals surface area (Å²) in [6.07, 6.45) is 3.69. The molecule has 0 saturated heterocycles. The van der Waals surface area contributed by atoms with Gasteiger partial charge in [0.1, 0.15) is 0 Å². The van der Waals surface area contributed by atoms with Crippen molar-refractivity contribution < 1.29 is 4.79 Å². The molecule has 0 radical (unpaired) electrons. The minimum atomic E-state index is 0.240. The van der Waals surface area contributed by atoms with Crippen LogP contribution in [0.3, 0.4) is 0 Å². The lowest BCUT2D eigenvalue weighted by Gasteiger charge is -2.20. The van der Waals surface area contributed by atoms with E-state index in [0.29, 0.717) is 5.33 Å². The van der Waals surface area contributed by atoms with Crippen LogP contribution in [0.4, 0.5) is 0 Å². The lowest BCUT2D eigenvalue weighted by molar-refractivity contribution is -0.128. The molecule has 1 fully saturated rings. The van der Waals surface area contributed by atoms with Crippen LogP contribution in [0.15, 0.2) is 0 Å². The molecule has 1 amide bonds. The van der Waals surface area contributed by atoms with Crippen LogP contribution >= 0.6 is 15.9 Å². The fourth-order valence-corrected chi connectivity index (χ4v) is 1.64. The number of amides is 1. The standard InChI is InChI=1S/C9H16BrNO/c1-2-5-11(9(12)6-10)7-8-3-4-8/h8H,2-7H2,1H3. The predicted molar refractivity (Wildman–Crippen MR) is 53.4 cm³/mol. The van der Waals surface area contributed by atoms with Crippen molar-refractivity contribution in [1.82, 2.24) is 4.90 Å². The molecule has 1 rings (SSSR count). The van der Waals surface area contributed by atoms with E-state index >= 15 is 0 Å². The topological polar surface area (TPSA) is 20.3 Å². The highest BCUT2D eigenvalue weighted by molar-refractivity contribution is 9.09. The average molecular weight is 234 g/mol. The Morgan fingerprint density at radius 2 is 2.25 bits per heavy atom. The Morgan fingerprint density at radius 1 is 1.58 bits per heavy atom. The van der Waals surface area contributed by atoms with Gasteiger partial charge in [0.25, 0.3) is 0 Å². The Balaban J connectivity index is 2.30. The summed E-state index contributed by atoms with van der Waals surface area (Å²) >= 11 is 3.20. The molecule has 0 aromatic carbocycles. The van der Waals surface area contributed by atoms with Crippen LogP contribution in [0.2, 0.25) is 0 Å². The van der Waals surface area contributed by atoms with Crippen molar-refractivity contribution >= 4 is 21.8 Å². The second-order valence-corrected chi connectivity index (χ2v) is 3.98.